The van der Waals surface area contributed by atoms with Crippen molar-refractivity contribution in [1.29, 1.82) is 0 Å². The van der Waals surface area contributed by atoms with Gasteiger partial charge in [0.05, 0.1) is 31.2 Å². The molecule has 0 radical (unpaired) electrons. The van der Waals surface area contributed by atoms with Crippen molar-refractivity contribution in [3.05, 3.63) is 48.0 Å². The molecule has 6 nitrogen and oxygen atoms in total. The van der Waals surface area contributed by atoms with Crippen LogP contribution in [0.4, 0.5) is 5.69 Å². The summed E-state index contributed by atoms with van der Waals surface area (Å²) in [5, 5.41) is 11.9. The Morgan fingerprint density at radius 3 is 2.54 bits per heavy atom. The van der Waals surface area contributed by atoms with Crippen LogP contribution in [-0.2, 0) is 4.79 Å². The van der Waals surface area contributed by atoms with Crippen molar-refractivity contribution in [1.82, 2.24) is 0 Å². The number of carboxylic acids is 1. The summed E-state index contributed by atoms with van der Waals surface area (Å²) < 4.78 is 10.3. The topological polar surface area (TPSA) is 84.9 Å². The number of thioether (sulfide) groups is 1. The number of nitrogens with one attached hydrogen (secondary N) is 1. The second-order valence-electron chi connectivity index (χ2n) is 4.70. The van der Waals surface area contributed by atoms with E-state index >= 15 is 0 Å². The molecule has 0 aliphatic rings. The number of benzene rings is 2. The molecular weight excluding hydrogens is 330 g/mol. The van der Waals surface area contributed by atoms with Gasteiger partial charge in [0.15, 0.2) is 0 Å². The van der Waals surface area contributed by atoms with E-state index < -0.39 is 5.97 Å². The normalized spacial score (nSPS) is 10.1. The molecule has 0 saturated carbocycles. The quantitative estimate of drug-likeness (QED) is 0.749. The van der Waals surface area contributed by atoms with E-state index in [4.69, 9.17) is 14.6 Å². The van der Waals surface area contributed by atoms with Crippen molar-refractivity contribution in [2.24, 2.45) is 0 Å². The fourth-order valence-corrected chi connectivity index (χ4v) is 2.84. The van der Waals surface area contributed by atoms with E-state index in [-0.39, 0.29) is 17.2 Å². The largest absolute Gasteiger partial charge is 0.497 e. The standard InChI is InChI=1S/C17H17NO5S/c1-22-11-7-8-13(14(9-11)23-2)18-16(19)10-24-15-6-4-3-5-12(15)17(20)21/h3-9H,10H2,1-2H3,(H,18,19)(H,20,21). The first-order valence-electron chi connectivity index (χ1n) is 7.02. The van der Waals surface area contributed by atoms with E-state index in [2.05, 4.69) is 5.32 Å². The van der Waals surface area contributed by atoms with Gasteiger partial charge in [0.2, 0.25) is 5.91 Å². The minimum atomic E-state index is -1.02. The minimum absolute atomic E-state index is 0.0828. The number of carboxylic acid groups (broad SMARTS) is 1. The number of hydrogen-bond acceptors (Lipinski definition) is 5. The highest BCUT2D eigenvalue weighted by molar-refractivity contribution is 8.00. The molecule has 0 aromatic heterocycles. The van der Waals surface area contributed by atoms with E-state index in [1.54, 1.807) is 43.5 Å². The van der Waals surface area contributed by atoms with Gasteiger partial charge in [0, 0.05) is 11.0 Å². The summed E-state index contributed by atoms with van der Waals surface area (Å²) in [6.45, 7) is 0. The number of carbonyl (C=O) groups is 2. The number of aromatic carboxylic acids is 1. The van der Waals surface area contributed by atoms with Crippen molar-refractivity contribution in [2.45, 2.75) is 4.90 Å². The Morgan fingerprint density at radius 1 is 1.12 bits per heavy atom. The molecule has 0 bridgehead atoms. The lowest BCUT2D eigenvalue weighted by molar-refractivity contribution is -0.113. The number of carbonyl (C=O) groups excluding carboxylic acids is 1. The fraction of sp³-hybridized carbons (Fsp3) is 0.176. The first-order valence-corrected chi connectivity index (χ1v) is 8.00. The summed E-state index contributed by atoms with van der Waals surface area (Å²) in [4.78, 5) is 23.8. The molecule has 7 heteroatoms. The van der Waals surface area contributed by atoms with Gasteiger partial charge < -0.3 is 19.9 Å². The van der Waals surface area contributed by atoms with Crippen LogP contribution in [0.3, 0.4) is 0 Å². The van der Waals surface area contributed by atoms with Crippen LogP contribution in [0.25, 0.3) is 0 Å². The van der Waals surface area contributed by atoms with Gasteiger partial charge in [-0.3, -0.25) is 4.79 Å². The first-order chi connectivity index (χ1) is 11.5. The Hall–Kier alpha value is -2.67. The van der Waals surface area contributed by atoms with Crippen molar-refractivity contribution < 1.29 is 24.2 Å². The number of hydrogen-bond donors (Lipinski definition) is 2. The first kappa shape index (κ1) is 17.7. The summed E-state index contributed by atoms with van der Waals surface area (Å²) in [7, 11) is 3.05. The number of anilines is 1. The van der Waals surface area contributed by atoms with Crippen LogP contribution >= 0.6 is 11.8 Å². The van der Waals surface area contributed by atoms with Crippen LogP contribution in [0.15, 0.2) is 47.4 Å². The summed E-state index contributed by atoms with van der Waals surface area (Å²) in [6, 6.07) is 11.6. The zero-order valence-corrected chi connectivity index (χ0v) is 14.1. The lowest BCUT2D eigenvalue weighted by atomic mass is 10.2. The second kappa shape index (κ2) is 8.26. The van der Waals surface area contributed by atoms with Gasteiger partial charge in [-0.2, -0.15) is 0 Å². The number of rotatable bonds is 7. The van der Waals surface area contributed by atoms with E-state index in [9.17, 15) is 9.59 Å². The zero-order valence-electron chi connectivity index (χ0n) is 13.2. The molecule has 0 saturated heterocycles. The Kier molecular flexibility index (Phi) is 6.08. The molecule has 0 aliphatic heterocycles. The average molecular weight is 347 g/mol. The molecule has 2 aromatic rings. The summed E-state index contributed by atoms with van der Waals surface area (Å²) in [6.07, 6.45) is 0. The molecule has 1 amide bonds. The van der Waals surface area contributed by atoms with Crippen LogP contribution in [0.5, 0.6) is 11.5 Å². The number of methoxy groups -OCH3 is 2. The third-order valence-corrected chi connectivity index (χ3v) is 4.23. The van der Waals surface area contributed by atoms with Crippen LogP contribution < -0.4 is 14.8 Å². The summed E-state index contributed by atoms with van der Waals surface area (Å²) >= 11 is 1.17. The number of amides is 1. The lowest BCUT2D eigenvalue weighted by Crippen LogP contribution is -2.15. The van der Waals surface area contributed by atoms with Crippen LogP contribution in [0, 0.1) is 0 Å². The predicted octanol–water partition coefficient (Wildman–Crippen LogP) is 3.13. The maximum atomic E-state index is 12.1. The third kappa shape index (κ3) is 4.42. The van der Waals surface area contributed by atoms with E-state index in [0.717, 1.165) is 0 Å². The monoisotopic (exact) mass is 347 g/mol. The molecule has 0 spiro atoms. The minimum Gasteiger partial charge on any atom is -0.497 e. The molecule has 2 rings (SSSR count). The molecule has 0 heterocycles. The van der Waals surface area contributed by atoms with Gasteiger partial charge in [-0.1, -0.05) is 12.1 Å². The molecular formula is C17H17NO5S. The zero-order chi connectivity index (χ0) is 17.5. The Bertz CT molecular complexity index is 748. The Balaban J connectivity index is 2.03. The van der Waals surface area contributed by atoms with Crippen LogP contribution in [0.2, 0.25) is 0 Å². The molecule has 0 aliphatic carbocycles. The lowest BCUT2D eigenvalue weighted by Gasteiger charge is -2.12. The summed E-state index contributed by atoms with van der Waals surface area (Å²) in [5.74, 6) is -0.0910. The molecule has 24 heavy (non-hydrogen) atoms. The van der Waals surface area contributed by atoms with Gasteiger partial charge in [0.1, 0.15) is 11.5 Å². The highest BCUT2D eigenvalue weighted by Crippen LogP contribution is 2.29. The molecule has 2 aromatic carbocycles. The number of ether oxygens (including phenoxy) is 2. The van der Waals surface area contributed by atoms with Crippen LogP contribution in [-0.4, -0.2) is 37.0 Å². The van der Waals surface area contributed by atoms with Gasteiger partial charge in [0.25, 0.3) is 0 Å². The smallest absolute Gasteiger partial charge is 0.336 e. The van der Waals surface area contributed by atoms with Gasteiger partial charge in [-0.05, 0) is 24.3 Å². The molecule has 0 atom stereocenters. The highest BCUT2D eigenvalue weighted by Gasteiger charge is 2.13. The van der Waals surface area contributed by atoms with Crippen molar-refractivity contribution in [3.63, 3.8) is 0 Å². The second-order valence-corrected chi connectivity index (χ2v) is 5.72. The van der Waals surface area contributed by atoms with Crippen LogP contribution in [0.1, 0.15) is 10.4 Å². The van der Waals surface area contributed by atoms with Gasteiger partial charge in [-0.15, -0.1) is 11.8 Å². The average Bonchev–Trinajstić information content (AvgIpc) is 2.60. The van der Waals surface area contributed by atoms with E-state index in [1.165, 1.54) is 24.9 Å². The fourth-order valence-electron chi connectivity index (χ4n) is 2.00. The van der Waals surface area contributed by atoms with Crippen molar-refractivity contribution >= 4 is 29.3 Å². The van der Waals surface area contributed by atoms with Gasteiger partial charge in [-0.25, -0.2) is 4.79 Å². The van der Waals surface area contributed by atoms with Gasteiger partial charge >= 0.3 is 5.97 Å². The Labute approximate surface area is 143 Å². The summed E-state index contributed by atoms with van der Waals surface area (Å²) in [5.41, 5.74) is 0.702. The maximum Gasteiger partial charge on any atom is 0.336 e. The molecule has 2 N–H and O–H groups in total. The molecule has 0 unspecified atom stereocenters. The highest BCUT2D eigenvalue weighted by atomic mass is 32.2. The SMILES string of the molecule is COc1ccc(NC(=O)CSc2ccccc2C(=O)O)c(OC)c1. The molecule has 126 valence electrons. The Morgan fingerprint density at radius 2 is 1.88 bits per heavy atom. The van der Waals surface area contributed by atoms with Crippen molar-refractivity contribution in [3.8, 4) is 11.5 Å². The van der Waals surface area contributed by atoms with E-state index in [0.29, 0.717) is 22.1 Å². The molecule has 0 fully saturated rings. The maximum absolute atomic E-state index is 12.1. The third-order valence-electron chi connectivity index (χ3n) is 3.16. The van der Waals surface area contributed by atoms with E-state index in [1.807, 2.05) is 0 Å². The van der Waals surface area contributed by atoms with Crippen molar-refractivity contribution in [2.75, 3.05) is 25.3 Å². The predicted molar refractivity (Wildman–Crippen MR) is 92.3 cm³/mol.